The molecule has 0 atom stereocenters. The molecule has 0 radical (unpaired) electrons. The molecule has 9 heteroatoms. The Balaban J connectivity index is 1.62. The third-order valence-electron chi connectivity index (χ3n) is 4.28. The lowest BCUT2D eigenvalue weighted by atomic mass is 10.2. The second-order valence-corrected chi connectivity index (χ2v) is 9.11. The van der Waals surface area contributed by atoms with E-state index in [0.717, 1.165) is 15.7 Å². The van der Waals surface area contributed by atoms with Crippen molar-refractivity contribution in [1.29, 1.82) is 0 Å². The average Bonchev–Trinajstić information content (AvgIpc) is 3.18. The zero-order chi connectivity index (χ0) is 21.8. The number of hydrogen-bond acceptors (Lipinski definition) is 4. The number of halogens is 3. The molecule has 156 valence electrons. The molecule has 1 aromatic heterocycles. The van der Waals surface area contributed by atoms with Crippen LogP contribution in [0.15, 0.2) is 82.4 Å². The molecule has 4 aromatic rings. The second kappa shape index (κ2) is 9.87. The first kappa shape index (κ1) is 21.9. The summed E-state index contributed by atoms with van der Waals surface area (Å²) in [5, 5.41) is 13.4. The summed E-state index contributed by atoms with van der Waals surface area (Å²) < 4.78 is 2.71. The minimum Gasteiger partial charge on any atom is -0.324 e. The van der Waals surface area contributed by atoms with Gasteiger partial charge in [-0.15, -0.1) is 10.2 Å². The Morgan fingerprint density at radius 2 is 1.74 bits per heavy atom. The minimum absolute atomic E-state index is 0.146. The van der Waals surface area contributed by atoms with Crippen LogP contribution in [0, 0.1) is 0 Å². The Kier molecular flexibility index (Phi) is 6.97. The maximum Gasteiger partial charge on any atom is 0.234 e. The quantitative estimate of drug-likeness (QED) is 0.279. The first-order chi connectivity index (χ1) is 15.0. The van der Waals surface area contributed by atoms with E-state index in [1.807, 2.05) is 59.2 Å². The minimum atomic E-state index is -0.146. The van der Waals surface area contributed by atoms with Gasteiger partial charge in [0, 0.05) is 25.8 Å². The van der Waals surface area contributed by atoms with E-state index in [9.17, 15) is 4.79 Å². The molecule has 1 N–H and O–H groups in total. The molecule has 3 aromatic carbocycles. The molecule has 5 nitrogen and oxygen atoms in total. The highest BCUT2D eigenvalue weighted by atomic mass is 79.9. The number of carbonyl (C=O) groups is 1. The van der Waals surface area contributed by atoms with Gasteiger partial charge in [0.25, 0.3) is 0 Å². The van der Waals surface area contributed by atoms with Crippen LogP contribution >= 0.6 is 50.9 Å². The Hall–Kier alpha value is -2.32. The third kappa shape index (κ3) is 5.30. The fraction of sp³-hybridized carbons (Fsp3) is 0.0455. The van der Waals surface area contributed by atoms with Crippen LogP contribution in [0.4, 0.5) is 5.69 Å². The van der Waals surface area contributed by atoms with Gasteiger partial charge < -0.3 is 5.32 Å². The number of anilines is 1. The summed E-state index contributed by atoms with van der Waals surface area (Å²) in [6.45, 7) is 0. The summed E-state index contributed by atoms with van der Waals surface area (Å²) in [6.07, 6.45) is 0. The van der Waals surface area contributed by atoms with Crippen LogP contribution in [0.1, 0.15) is 0 Å². The topological polar surface area (TPSA) is 59.8 Å². The number of para-hydroxylation sites is 1. The van der Waals surface area contributed by atoms with Gasteiger partial charge in [-0.1, -0.05) is 59.2 Å². The molecule has 0 fully saturated rings. The van der Waals surface area contributed by atoms with Crippen molar-refractivity contribution in [2.24, 2.45) is 0 Å². The summed E-state index contributed by atoms with van der Waals surface area (Å²) in [7, 11) is 0. The van der Waals surface area contributed by atoms with Crippen molar-refractivity contribution >= 4 is 62.5 Å². The first-order valence-electron chi connectivity index (χ1n) is 9.16. The predicted molar refractivity (Wildman–Crippen MR) is 130 cm³/mol. The van der Waals surface area contributed by atoms with Crippen molar-refractivity contribution < 1.29 is 4.79 Å². The van der Waals surface area contributed by atoms with Crippen LogP contribution in [-0.2, 0) is 4.79 Å². The lowest BCUT2D eigenvalue weighted by Crippen LogP contribution is -2.15. The molecule has 0 aliphatic carbocycles. The monoisotopic (exact) mass is 532 g/mol. The van der Waals surface area contributed by atoms with E-state index in [-0.39, 0.29) is 11.7 Å². The van der Waals surface area contributed by atoms with E-state index in [2.05, 4.69) is 31.4 Å². The van der Waals surface area contributed by atoms with Gasteiger partial charge in [-0.05, 0) is 64.5 Å². The fourth-order valence-corrected chi connectivity index (χ4v) is 4.33. The highest BCUT2D eigenvalue weighted by Gasteiger charge is 2.18. The molecular weight excluding hydrogens is 519 g/mol. The van der Waals surface area contributed by atoms with E-state index in [1.54, 1.807) is 18.2 Å². The Morgan fingerprint density at radius 3 is 2.48 bits per heavy atom. The highest BCUT2D eigenvalue weighted by molar-refractivity contribution is 9.10. The Labute approximate surface area is 201 Å². The molecule has 31 heavy (non-hydrogen) atoms. The van der Waals surface area contributed by atoms with E-state index in [1.165, 1.54) is 11.8 Å². The number of nitrogens with zero attached hydrogens (tertiary/aromatic N) is 3. The summed E-state index contributed by atoms with van der Waals surface area (Å²) in [5.74, 6) is 0.646. The molecule has 0 bridgehead atoms. The summed E-state index contributed by atoms with van der Waals surface area (Å²) in [5.41, 5.74) is 2.37. The number of nitrogens with one attached hydrogen (secondary N) is 1. The summed E-state index contributed by atoms with van der Waals surface area (Å²) in [6, 6.07) is 22.2. The standard InChI is InChI=1S/C22H15BrCl2N4OS/c23-18-6-1-2-7-19(18)26-20(30)13-31-22-28-27-21(14-4-3-5-16(25)12-14)29(22)17-10-8-15(24)9-11-17/h1-12H,13H2,(H,26,30). The zero-order valence-electron chi connectivity index (χ0n) is 15.9. The summed E-state index contributed by atoms with van der Waals surface area (Å²) in [4.78, 5) is 12.5. The lowest BCUT2D eigenvalue weighted by Gasteiger charge is -2.11. The van der Waals surface area contributed by atoms with Crippen molar-refractivity contribution in [1.82, 2.24) is 14.8 Å². The van der Waals surface area contributed by atoms with Crippen LogP contribution < -0.4 is 5.32 Å². The number of hydrogen-bond donors (Lipinski definition) is 1. The maximum absolute atomic E-state index is 12.5. The Bertz CT molecular complexity index is 1230. The number of thioether (sulfide) groups is 1. The van der Waals surface area contributed by atoms with Crippen LogP contribution in [-0.4, -0.2) is 26.4 Å². The first-order valence-corrected chi connectivity index (χ1v) is 11.7. The molecule has 0 spiro atoms. The molecule has 0 unspecified atom stereocenters. The van der Waals surface area contributed by atoms with Gasteiger partial charge in [0.15, 0.2) is 11.0 Å². The van der Waals surface area contributed by atoms with Crippen LogP contribution in [0.5, 0.6) is 0 Å². The van der Waals surface area contributed by atoms with Gasteiger partial charge in [-0.3, -0.25) is 9.36 Å². The number of aromatic nitrogens is 3. The van der Waals surface area contributed by atoms with Gasteiger partial charge in [0.1, 0.15) is 0 Å². The van der Waals surface area contributed by atoms with Gasteiger partial charge in [-0.25, -0.2) is 0 Å². The van der Waals surface area contributed by atoms with Crippen molar-refractivity contribution in [3.63, 3.8) is 0 Å². The second-order valence-electron chi connectivity index (χ2n) is 6.45. The van der Waals surface area contributed by atoms with E-state index >= 15 is 0 Å². The molecular formula is C22H15BrCl2N4OS. The van der Waals surface area contributed by atoms with Gasteiger partial charge in [0.2, 0.25) is 5.91 Å². The van der Waals surface area contributed by atoms with Gasteiger partial charge in [-0.2, -0.15) is 0 Å². The largest absolute Gasteiger partial charge is 0.324 e. The molecule has 4 rings (SSSR count). The molecule has 0 aliphatic heterocycles. The van der Waals surface area contributed by atoms with Crippen molar-refractivity contribution in [2.45, 2.75) is 5.16 Å². The molecule has 1 amide bonds. The summed E-state index contributed by atoms with van der Waals surface area (Å²) >= 11 is 17.0. The zero-order valence-corrected chi connectivity index (χ0v) is 19.8. The van der Waals surface area contributed by atoms with E-state index in [0.29, 0.717) is 26.7 Å². The van der Waals surface area contributed by atoms with Crippen molar-refractivity contribution in [3.8, 4) is 17.1 Å². The average molecular weight is 534 g/mol. The third-order valence-corrected chi connectivity index (χ3v) is 6.39. The number of carbonyl (C=O) groups excluding carboxylic acids is 1. The van der Waals surface area contributed by atoms with E-state index in [4.69, 9.17) is 23.2 Å². The maximum atomic E-state index is 12.5. The fourth-order valence-electron chi connectivity index (χ4n) is 2.88. The predicted octanol–water partition coefficient (Wildman–Crippen LogP) is 6.73. The van der Waals surface area contributed by atoms with Crippen molar-refractivity contribution in [3.05, 3.63) is 87.3 Å². The van der Waals surface area contributed by atoms with Crippen molar-refractivity contribution in [2.75, 3.05) is 11.1 Å². The van der Waals surface area contributed by atoms with Gasteiger partial charge in [0.05, 0.1) is 11.4 Å². The van der Waals surface area contributed by atoms with E-state index < -0.39 is 0 Å². The van der Waals surface area contributed by atoms with Gasteiger partial charge >= 0.3 is 0 Å². The van der Waals surface area contributed by atoms with Crippen LogP contribution in [0.25, 0.3) is 17.1 Å². The molecule has 1 heterocycles. The smallest absolute Gasteiger partial charge is 0.234 e. The number of amides is 1. The lowest BCUT2D eigenvalue weighted by molar-refractivity contribution is -0.113. The highest BCUT2D eigenvalue weighted by Crippen LogP contribution is 2.30. The number of benzene rings is 3. The normalized spacial score (nSPS) is 10.8. The molecule has 0 saturated carbocycles. The number of rotatable bonds is 6. The van der Waals surface area contributed by atoms with Crippen LogP contribution in [0.3, 0.4) is 0 Å². The SMILES string of the molecule is O=C(CSc1nnc(-c2cccc(Cl)c2)n1-c1ccc(Cl)cc1)Nc1ccccc1Br. The Morgan fingerprint density at radius 1 is 0.968 bits per heavy atom. The molecule has 0 aliphatic rings. The molecule has 0 saturated heterocycles. The van der Waals surface area contributed by atoms with Crippen LogP contribution in [0.2, 0.25) is 10.0 Å².